The molecule has 0 aliphatic rings. The predicted molar refractivity (Wildman–Crippen MR) is 97.7 cm³/mol. The fourth-order valence-corrected chi connectivity index (χ4v) is 2.87. The summed E-state index contributed by atoms with van der Waals surface area (Å²) in [5.74, 6) is -0.110. The lowest BCUT2D eigenvalue weighted by Crippen LogP contribution is -2.16. The van der Waals surface area contributed by atoms with Gasteiger partial charge in [0.25, 0.3) is 5.91 Å². The maximum absolute atomic E-state index is 12.9. The van der Waals surface area contributed by atoms with Gasteiger partial charge in [-0.05, 0) is 49.1 Å². The van der Waals surface area contributed by atoms with E-state index in [1.54, 1.807) is 0 Å². The van der Waals surface area contributed by atoms with Crippen LogP contribution in [-0.2, 0) is 12.8 Å². The molecule has 0 radical (unpaired) electrons. The molecule has 24 heavy (non-hydrogen) atoms. The first-order valence-corrected chi connectivity index (χ1v) is 8.50. The highest BCUT2D eigenvalue weighted by Crippen LogP contribution is 2.18. The van der Waals surface area contributed by atoms with Gasteiger partial charge in [0, 0.05) is 11.9 Å². The van der Waals surface area contributed by atoms with Gasteiger partial charge in [0.2, 0.25) is 0 Å². The number of benzene rings is 1. The molecule has 1 aromatic carbocycles. The smallest absolute Gasteiger partial charge is 0.274 e. The predicted octanol–water partition coefficient (Wildman–Crippen LogP) is 4.41. The number of anilines is 1. The van der Waals surface area contributed by atoms with Crippen LogP contribution in [0.4, 0.5) is 5.69 Å². The molecule has 4 nitrogen and oxygen atoms in total. The molecule has 0 spiro atoms. The van der Waals surface area contributed by atoms with Gasteiger partial charge >= 0.3 is 0 Å². The summed E-state index contributed by atoms with van der Waals surface area (Å²) in [6.07, 6.45) is 4.70. The Labute approximate surface area is 142 Å². The Hall–Kier alpha value is -2.62. The van der Waals surface area contributed by atoms with E-state index in [1.165, 1.54) is 5.56 Å². The van der Waals surface area contributed by atoms with E-state index in [4.69, 9.17) is 0 Å². The van der Waals surface area contributed by atoms with Crippen LogP contribution >= 0.6 is 0 Å². The molecule has 0 aliphatic heterocycles. The van der Waals surface area contributed by atoms with Gasteiger partial charge in [-0.15, -0.1) is 0 Å². The van der Waals surface area contributed by atoms with Crippen LogP contribution in [0.25, 0.3) is 5.65 Å². The lowest BCUT2D eigenvalue weighted by molar-refractivity contribution is 0.102. The highest BCUT2D eigenvalue weighted by atomic mass is 16.2. The molecule has 3 rings (SSSR count). The summed E-state index contributed by atoms with van der Waals surface area (Å²) >= 11 is 0. The van der Waals surface area contributed by atoms with Gasteiger partial charge in [-0.1, -0.05) is 38.5 Å². The van der Waals surface area contributed by atoms with Crippen molar-refractivity contribution >= 4 is 17.2 Å². The number of pyridine rings is 1. The van der Waals surface area contributed by atoms with Crippen LogP contribution in [0.2, 0.25) is 0 Å². The van der Waals surface area contributed by atoms with Gasteiger partial charge in [0.15, 0.2) is 0 Å². The van der Waals surface area contributed by atoms with Gasteiger partial charge < -0.3 is 5.32 Å². The Morgan fingerprint density at radius 2 is 1.88 bits per heavy atom. The number of nitrogens with zero attached hydrogens (tertiary/aromatic N) is 2. The molecule has 1 amide bonds. The number of fused-ring (bicyclic) bond motifs is 1. The standard InChI is InChI=1S/C20H23N3O/c1-4-6-17-19(23-13-14(3)7-12-18(23)22-17)20(24)21-16-10-8-15(5-2)9-11-16/h7-13H,4-6H2,1-3H3,(H,21,24). The summed E-state index contributed by atoms with van der Waals surface area (Å²) in [5, 5.41) is 3.01. The largest absolute Gasteiger partial charge is 0.321 e. The lowest BCUT2D eigenvalue weighted by Gasteiger charge is -2.08. The molecule has 0 aliphatic carbocycles. The van der Waals surface area contributed by atoms with Crippen molar-refractivity contribution in [3.05, 3.63) is 65.1 Å². The third-order valence-corrected chi connectivity index (χ3v) is 4.16. The number of carbonyl (C=O) groups is 1. The van der Waals surface area contributed by atoms with Crippen molar-refractivity contribution in [2.75, 3.05) is 5.32 Å². The quantitative estimate of drug-likeness (QED) is 0.756. The number of hydrogen-bond donors (Lipinski definition) is 1. The van der Waals surface area contributed by atoms with Gasteiger partial charge in [-0.3, -0.25) is 9.20 Å². The van der Waals surface area contributed by atoms with E-state index in [1.807, 2.05) is 53.9 Å². The van der Waals surface area contributed by atoms with Crippen molar-refractivity contribution in [3.8, 4) is 0 Å². The number of imidazole rings is 1. The maximum Gasteiger partial charge on any atom is 0.274 e. The zero-order valence-electron chi connectivity index (χ0n) is 14.5. The molecular formula is C20H23N3O. The number of hydrogen-bond acceptors (Lipinski definition) is 2. The molecule has 124 valence electrons. The van der Waals surface area contributed by atoms with Crippen molar-refractivity contribution in [2.24, 2.45) is 0 Å². The summed E-state index contributed by atoms with van der Waals surface area (Å²) < 4.78 is 1.90. The van der Waals surface area contributed by atoms with Crippen LogP contribution in [0.1, 0.15) is 47.6 Å². The van der Waals surface area contributed by atoms with Crippen LogP contribution < -0.4 is 5.32 Å². The second-order valence-electron chi connectivity index (χ2n) is 6.10. The van der Waals surface area contributed by atoms with E-state index in [-0.39, 0.29) is 5.91 Å². The van der Waals surface area contributed by atoms with Gasteiger partial charge in [0.1, 0.15) is 11.3 Å². The van der Waals surface area contributed by atoms with Crippen LogP contribution in [0.15, 0.2) is 42.6 Å². The first-order chi connectivity index (χ1) is 11.6. The minimum atomic E-state index is -0.110. The topological polar surface area (TPSA) is 46.4 Å². The number of nitrogens with one attached hydrogen (secondary N) is 1. The van der Waals surface area contributed by atoms with Gasteiger partial charge in [0.05, 0.1) is 5.69 Å². The zero-order chi connectivity index (χ0) is 17.1. The maximum atomic E-state index is 12.9. The Bertz CT molecular complexity index is 862. The second-order valence-corrected chi connectivity index (χ2v) is 6.10. The zero-order valence-corrected chi connectivity index (χ0v) is 14.5. The highest BCUT2D eigenvalue weighted by Gasteiger charge is 2.19. The van der Waals surface area contributed by atoms with Crippen LogP contribution in [0.5, 0.6) is 0 Å². The van der Waals surface area contributed by atoms with Crippen LogP contribution in [-0.4, -0.2) is 15.3 Å². The Morgan fingerprint density at radius 1 is 1.12 bits per heavy atom. The number of aryl methyl sites for hydroxylation is 3. The van der Waals surface area contributed by atoms with Crippen molar-refractivity contribution in [2.45, 2.75) is 40.0 Å². The van der Waals surface area contributed by atoms with Crippen LogP contribution in [0.3, 0.4) is 0 Å². The van der Waals surface area contributed by atoms with Crippen molar-refractivity contribution in [1.29, 1.82) is 0 Å². The highest BCUT2D eigenvalue weighted by molar-refractivity contribution is 6.04. The van der Waals surface area contributed by atoms with E-state index in [2.05, 4.69) is 24.1 Å². The summed E-state index contributed by atoms with van der Waals surface area (Å²) in [7, 11) is 0. The number of aromatic nitrogens is 2. The molecule has 0 saturated heterocycles. The molecule has 0 unspecified atom stereocenters. The second kappa shape index (κ2) is 6.87. The Kier molecular flexibility index (Phi) is 4.65. The molecule has 1 N–H and O–H groups in total. The molecule has 2 heterocycles. The molecule has 0 bridgehead atoms. The molecule has 4 heteroatoms. The molecule has 0 saturated carbocycles. The summed E-state index contributed by atoms with van der Waals surface area (Å²) in [5.41, 5.74) is 5.47. The molecule has 3 aromatic rings. The van der Waals surface area contributed by atoms with Crippen molar-refractivity contribution in [1.82, 2.24) is 9.38 Å². The average molecular weight is 321 g/mol. The van der Waals surface area contributed by atoms with Gasteiger partial charge in [-0.2, -0.15) is 0 Å². The monoisotopic (exact) mass is 321 g/mol. The first kappa shape index (κ1) is 16.2. The van der Waals surface area contributed by atoms with Crippen molar-refractivity contribution < 1.29 is 4.79 Å². The normalized spacial score (nSPS) is 11.0. The summed E-state index contributed by atoms with van der Waals surface area (Å²) in [6.45, 7) is 6.23. The lowest BCUT2D eigenvalue weighted by atomic mass is 10.1. The fourth-order valence-electron chi connectivity index (χ4n) is 2.87. The number of carbonyl (C=O) groups excluding carboxylic acids is 1. The minimum Gasteiger partial charge on any atom is -0.321 e. The Morgan fingerprint density at radius 3 is 2.54 bits per heavy atom. The van der Waals surface area contributed by atoms with E-state index < -0.39 is 0 Å². The minimum absolute atomic E-state index is 0.110. The van der Waals surface area contributed by atoms with E-state index in [0.717, 1.165) is 41.9 Å². The third-order valence-electron chi connectivity index (χ3n) is 4.16. The number of rotatable bonds is 5. The van der Waals surface area contributed by atoms with E-state index in [0.29, 0.717) is 5.69 Å². The van der Waals surface area contributed by atoms with E-state index in [9.17, 15) is 4.79 Å². The number of amides is 1. The third kappa shape index (κ3) is 3.18. The van der Waals surface area contributed by atoms with Crippen LogP contribution in [0, 0.1) is 6.92 Å². The van der Waals surface area contributed by atoms with E-state index >= 15 is 0 Å². The SMILES string of the molecule is CCCc1nc2ccc(C)cn2c1C(=O)Nc1ccc(CC)cc1. The Balaban J connectivity index is 1.97. The molecule has 0 atom stereocenters. The average Bonchev–Trinajstić information content (AvgIpc) is 2.93. The first-order valence-electron chi connectivity index (χ1n) is 8.50. The van der Waals surface area contributed by atoms with Crippen molar-refractivity contribution in [3.63, 3.8) is 0 Å². The summed E-state index contributed by atoms with van der Waals surface area (Å²) in [6, 6.07) is 12.0. The molecule has 2 aromatic heterocycles. The summed E-state index contributed by atoms with van der Waals surface area (Å²) in [4.78, 5) is 17.5. The fraction of sp³-hybridized carbons (Fsp3) is 0.300. The molecular weight excluding hydrogens is 298 g/mol. The van der Waals surface area contributed by atoms with Gasteiger partial charge in [-0.25, -0.2) is 4.98 Å². The molecule has 0 fully saturated rings.